The van der Waals surface area contributed by atoms with Crippen LogP contribution in [0.3, 0.4) is 0 Å². The van der Waals surface area contributed by atoms with Gasteiger partial charge in [-0.05, 0) is 51.4 Å². The Labute approximate surface area is 411 Å². The third-order valence-electron chi connectivity index (χ3n) is 13.5. The normalized spacial score (nSPS) is 13.3. The molecule has 0 aliphatic carbocycles. The van der Waals surface area contributed by atoms with Crippen LogP contribution in [0.15, 0.2) is 36.5 Å². The van der Waals surface area contributed by atoms with E-state index >= 15 is 0 Å². The zero-order valence-corrected chi connectivity index (χ0v) is 44.3. The highest BCUT2D eigenvalue weighted by Gasteiger charge is 2.24. The summed E-state index contributed by atoms with van der Waals surface area (Å²) in [5.74, 6) is -0.479. The van der Waals surface area contributed by atoms with Gasteiger partial charge in [-0.3, -0.25) is 9.59 Å². The Kier molecular flexibility index (Phi) is 52.5. The van der Waals surface area contributed by atoms with Gasteiger partial charge < -0.3 is 20.3 Å². The minimum Gasteiger partial charge on any atom is -0.462 e. The van der Waals surface area contributed by atoms with E-state index < -0.39 is 18.2 Å². The van der Waals surface area contributed by atoms with Crippen molar-refractivity contribution < 1.29 is 24.5 Å². The van der Waals surface area contributed by atoms with Crippen molar-refractivity contribution in [3.8, 4) is 0 Å². The van der Waals surface area contributed by atoms with Gasteiger partial charge in [0.2, 0.25) is 5.91 Å². The molecule has 6 nitrogen and oxygen atoms in total. The summed E-state index contributed by atoms with van der Waals surface area (Å²) in [6, 6.07) is -0.703. The van der Waals surface area contributed by atoms with Crippen LogP contribution in [0.2, 0.25) is 0 Å². The molecule has 388 valence electrons. The Morgan fingerprint density at radius 1 is 0.439 bits per heavy atom. The van der Waals surface area contributed by atoms with Crippen molar-refractivity contribution >= 4 is 11.9 Å². The molecule has 0 aromatic carbocycles. The molecule has 6 heteroatoms. The van der Waals surface area contributed by atoms with Crippen LogP contribution in [-0.2, 0) is 14.3 Å². The number of hydrogen-bond donors (Lipinski definition) is 3. The Bertz CT molecular complexity index is 1090. The molecule has 1 amide bonds. The number of allylic oxidation sites excluding steroid dienone is 6. The van der Waals surface area contributed by atoms with E-state index in [2.05, 4.69) is 62.5 Å². The molecule has 0 radical (unpaired) electrons. The van der Waals surface area contributed by atoms with Gasteiger partial charge in [-0.15, -0.1) is 0 Å². The van der Waals surface area contributed by atoms with Crippen molar-refractivity contribution in [2.24, 2.45) is 0 Å². The molecule has 0 aromatic rings. The summed E-state index contributed by atoms with van der Waals surface area (Å²) >= 11 is 0. The molecular weight excluding hydrogens is 815 g/mol. The van der Waals surface area contributed by atoms with Gasteiger partial charge in [0.05, 0.1) is 25.2 Å². The van der Waals surface area contributed by atoms with E-state index in [1.165, 1.54) is 199 Å². The van der Waals surface area contributed by atoms with E-state index in [9.17, 15) is 19.8 Å². The number of carbonyl (C=O) groups is 2. The third kappa shape index (κ3) is 48.5. The van der Waals surface area contributed by atoms with Gasteiger partial charge in [-0.2, -0.15) is 0 Å². The van der Waals surface area contributed by atoms with Gasteiger partial charge in [-0.1, -0.05) is 282 Å². The number of carbonyl (C=O) groups excluding carboxylic acids is 2. The molecule has 0 saturated carbocycles. The molecule has 0 bridgehead atoms. The van der Waals surface area contributed by atoms with Crippen LogP contribution >= 0.6 is 0 Å². The second-order valence-corrected chi connectivity index (χ2v) is 20.1. The molecule has 0 rings (SSSR count). The Morgan fingerprint density at radius 3 is 1.15 bits per heavy atom. The second-order valence-electron chi connectivity index (χ2n) is 20.1. The Hall–Kier alpha value is -1.92. The van der Waals surface area contributed by atoms with Gasteiger partial charge >= 0.3 is 5.97 Å². The van der Waals surface area contributed by atoms with E-state index in [-0.39, 0.29) is 24.9 Å². The zero-order valence-electron chi connectivity index (χ0n) is 44.3. The number of esters is 1. The number of rotatable bonds is 53. The number of ether oxygens (including phenoxy) is 1. The summed E-state index contributed by atoms with van der Waals surface area (Å²) in [5, 5.41) is 23.9. The lowest BCUT2D eigenvalue weighted by atomic mass is 10.0. The van der Waals surface area contributed by atoms with E-state index in [0.717, 1.165) is 64.2 Å². The van der Waals surface area contributed by atoms with Crippen LogP contribution in [0.4, 0.5) is 0 Å². The largest absolute Gasteiger partial charge is 0.462 e. The quantitative estimate of drug-likeness (QED) is 0.0321. The minimum absolute atomic E-state index is 0.0739. The van der Waals surface area contributed by atoms with Gasteiger partial charge in [0.15, 0.2) is 0 Å². The number of amides is 1. The minimum atomic E-state index is -0.789. The summed E-state index contributed by atoms with van der Waals surface area (Å²) in [6.07, 6.45) is 64.9. The number of nitrogens with one attached hydrogen (secondary N) is 1. The van der Waals surface area contributed by atoms with Crippen molar-refractivity contribution in [2.75, 3.05) is 6.61 Å². The zero-order chi connectivity index (χ0) is 48.1. The predicted molar refractivity (Wildman–Crippen MR) is 287 cm³/mol. The molecule has 0 aliphatic rings. The molecule has 0 aromatic heterocycles. The highest BCUT2D eigenvalue weighted by atomic mass is 16.5. The summed E-state index contributed by atoms with van der Waals surface area (Å²) < 4.78 is 5.96. The average Bonchev–Trinajstić information content (AvgIpc) is 3.31. The van der Waals surface area contributed by atoms with E-state index in [4.69, 9.17) is 4.74 Å². The van der Waals surface area contributed by atoms with Gasteiger partial charge in [-0.25, -0.2) is 0 Å². The molecule has 66 heavy (non-hydrogen) atoms. The standard InChI is InChI=1S/C60H113NO5/c1-4-7-10-13-16-19-22-25-28-29-30-32-35-38-41-44-47-50-53-60(65)66-56(51-48-45-42-39-36-33-27-24-21-18-15-12-9-6-3)54-59(64)61-57(55-62)58(63)52-49-46-43-40-37-34-31-26-23-20-17-14-11-8-5-2/h22,25,28-30,32,56-58,62-63H,4-21,23-24,26-27,31,33-55H2,1-3H3,(H,61,64)/b25-22+,29-28+,32-30+. The van der Waals surface area contributed by atoms with Crippen molar-refractivity contribution in [1.82, 2.24) is 5.32 Å². The summed E-state index contributed by atoms with van der Waals surface area (Å²) in [6.45, 7) is 6.50. The molecule has 0 spiro atoms. The van der Waals surface area contributed by atoms with Crippen molar-refractivity contribution in [1.29, 1.82) is 0 Å². The van der Waals surface area contributed by atoms with Crippen LogP contribution in [-0.4, -0.2) is 46.9 Å². The number of hydrogen-bond acceptors (Lipinski definition) is 5. The van der Waals surface area contributed by atoms with Crippen LogP contribution in [0.1, 0.15) is 310 Å². The summed E-state index contributed by atoms with van der Waals surface area (Å²) in [7, 11) is 0. The lowest BCUT2D eigenvalue weighted by Crippen LogP contribution is -2.46. The van der Waals surface area contributed by atoms with Gasteiger partial charge in [0, 0.05) is 6.42 Å². The molecule has 0 heterocycles. The smallest absolute Gasteiger partial charge is 0.306 e. The van der Waals surface area contributed by atoms with E-state index in [1.807, 2.05) is 0 Å². The molecule has 0 fully saturated rings. The Balaban J connectivity index is 4.55. The first-order valence-electron chi connectivity index (χ1n) is 29.2. The maximum Gasteiger partial charge on any atom is 0.306 e. The first kappa shape index (κ1) is 64.1. The molecule has 0 aliphatic heterocycles. The van der Waals surface area contributed by atoms with E-state index in [1.54, 1.807) is 0 Å². The van der Waals surface area contributed by atoms with Crippen LogP contribution in [0.5, 0.6) is 0 Å². The van der Waals surface area contributed by atoms with Crippen molar-refractivity contribution in [3.63, 3.8) is 0 Å². The highest BCUT2D eigenvalue weighted by Crippen LogP contribution is 2.19. The fourth-order valence-corrected chi connectivity index (χ4v) is 9.08. The van der Waals surface area contributed by atoms with Crippen LogP contribution in [0.25, 0.3) is 0 Å². The van der Waals surface area contributed by atoms with Gasteiger partial charge in [0.25, 0.3) is 0 Å². The number of aliphatic hydroxyl groups excluding tert-OH is 2. The molecular formula is C60H113NO5. The lowest BCUT2D eigenvalue weighted by Gasteiger charge is -2.24. The number of aliphatic hydroxyl groups is 2. The lowest BCUT2D eigenvalue weighted by molar-refractivity contribution is -0.151. The van der Waals surface area contributed by atoms with Crippen molar-refractivity contribution in [3.05, 3.63) is 36.5 Å². The first-order chi connectivity index (χ1) is 32.5. The second kappa shape index (κ2) is 54.0. The maximum atomic E-state index is 13.3. The molecule has 0 saturated heterocycles. The fourth-order valence-electron chi connectivity index (χ4n) is 9.08. The predicted octanol–water partition coefficient (Wildman–Crippen LogP) is 18.0. The third-order valence-corrected chi connectivity index (χ3v) is 13.5. The van der Waals surface area contributed by atoms with Gasteiger partial charge in [0.1, 0.15) is 6.10 Å². The molecule has 3 N–H and O–H groups in total. The Morgan fingerprint density at radius 2 is 0.773 bits per heavy atom. The maximum absolute atomic E-state index is 13.3. The topological polar surface area (TPSA) is 95.9 Å². The first-order valence-corrected chi connectivity index (χ1v) is 29.2. The SMILES string of the molecule is CCCCCCC/C=C/C=C/C=C/CCCCCCCC(=O)OC(CCCCCCCCCCCCCCCC)CC(=O)NC(CO)C(O)CCCCCCCCCCCCCCCCC. The van der Waals surface area contributed by atoms with Crippen LogP contribution in [0, 0.1) is 0 Å². The molecule has 3 atom stereocenters. The number of unbranched alkanes of at least 4 members (excludes halogenated alkanes) is 37. The monoisotopic (exact) mass is 928 g/mol. The van der Waals surface area contributed by atoms with Crippen molar-refractivity contribution in [2.45, 2.75) is 328 Å². The summed E-state index contributed by atoms with van der Waals surface area (Å²) in [5.41, 5.74) is 0. The summed E-state index contributed by atoms with van der Waals surface area (Å²) in [4.78, 5) is 26.3. The van der Waals surface area contributed by atoms with E-state index in [0.29, 0.717) is 19.3 Å². The molecule has 3 unspecified atom stereocenters. The average molecular weight is 929 g/mol. The fraction of sp³-hybridized carbons (Fsp3) is 0.867. The highest BCUT2D eigenvalue weighted by molar-refractivity contribution is 5.77. The van der Waals surface area contributed by atoms with Crippen LogP contribution < -0.4 is 5.32 Å².